The molecule has 0 saturated carbocycles. The molecule has 0 aliphatic rings. The van der Waals surface area contributed by atoms with Crippen LogP contribution in [-0.2, 0) is 6.61 Å². The Morgan fingerprint density at radius 1 is 1.14 bits per heavy atom. The number of benzene rings is 2. The average molecular weight is 414 g/mol. The second kappa shape index (κ2) is 7.79. The number of halogens is 1. The number of amides is 1. The van der Waals surface area contributed by atoms with Crippen molar-refractivity contribution in [2.45, 2.75) is 6.61 Å². The molecule has 0 spiro atoms. The number of para-hydroxylation sites is 1. The first-order valence-electron chi connectivity index (χ1n) is 8.13. The Balaban J connectivity index is 1.45. The van der Waals surface area contributed by atoms with Crippen molar-refractivity contribution in [3.8, 4) is 5.75 Å². The summed E-state index contributed by atoms with van der Waals surface area (Å²) in [5, 5.41) is 12.5. The molecule has 0 unspecified atom stereocenters. The van der Waals surface area contributed by atoms with Gasteiger partial charge < -0.3 is 9.15 Å². The van der Waals surface area contributed by atoms with Crippen LogP contribution in [0.25, 0.3) is 11.0 Å². The van der Waals surface area contributed by atoms with Gasteiger partial charge in [-0.05, 0) is 36.4 Å². The van der Waals surface area contributed by atoms with E-state index in [2.05, 4.69) is 15.5 Å². The number of rotatable bonds is 5. The van der Waals surface area contributed by atoms with Gasteiger partial charge in [-0.3, -0.25) is 10.1 Å². The maximum Gasteiger partial charge on any atom is 0.349 e. The Morgan fingerprint density at radius 2 is 1.93 bits per heavy atom. The van der Waals surface area contributed by atoms with Crippen molar-refractivity contribution >= 4 is 44.9 Å². The van der Waals surface area contributed by atoms with Crippen molar-refractivity contribution in [2.24, 2.45) is 0 Å². The van der Waals surface area contributed by atoms with Gasteiger partial charge in [-0.2, -0.15) is 0 Å². The highest BCUT2D eigenvalue weighted by Crippen LogP contribution is 2.20. The Labute approximate surface area is 167 Å². The van der Waals surface area contributed by atoms with Crippen LogP contribution in [0, 0.1) is 0 Å². The molecule has 0 saturated heterocycles. The first-order chi connectivity index (χ1) is 13.6. The van der Waals surface area contributed by atoms with Crippen LogP contribution in [0.5, 0.6) is 5.75 Å². The topological polar surface area (TPSA) is 94.3 Å². The molecule has 7 nitrogen and oxygen atoms in total. The van der Waals surface area contributed by atoms with Gasteiger partial charge in [-0.1, -0.05) is 41.1 Å². The molecule has 0 fully saturated rings. The number of anilines is 1. The Bertz CT molecular complexity index is 1200. The van der Waals surface area contributed by atoms with E-state index in [0.717, 1.165) is 11.3 Å². The molecule has 1 N–H and O–H groups in total. The lowest BCUT2D eigenvalue weighted by Gasteiger charge is -2.03. The Hall–Kier alpha value is -3.23. The molecule has 2 heterocycles. The lowest BCUT2D eigenvalue weighted by Crippen LogP contribution is -2.20. The maximum atomic E-state index is 12.4. The van der Waals surface area contributed by atoms with Crippen LogP contribution in [0.2, 0.25) is 5.02 Å². The number of ether oxygens (including phenoxy) is 1. The lowest BCUT2D eigenvalue weighted by atomic mass is 10.2. The van der Waals surface area contributed by atoms with E-state index in [1.807, 2.05) is 0 Å². The zero-order valence-corrected chi connectivity index (χ0v) is 15.8. The highest BCUT2D eigenvalue weighted by molar-refractivity contribution is 7.15. The average Bonchev–Trinajstić information content (AvgIpc) is 3.14. The SMILES string of the molecule is O=C(Nc1nnc(COc2ccc(Cl)cc2)s1)c1cc2ccccc2oc1=O. The summed E-state index contributed by atoms with van der Waals surface area (Å²) in [4.78, 5) is 24.5. The molecule has 0 radical (unpaired) electrons. The third-order valence-electron chi connectivity index (χ3n) is 3.75. The third-order valence-corrected chi connectivity index (χ3v) is 4.81. The fourth-order valence-electron chi connectivity index (χ4n) is 2.42. The summed E-state index contributed by atoms with van der Waals surface area (Å²) in [5.41, 5.74) is -0.401. The zero-order valence-electron chi connectivity index (χ0n) is 14.2. The van der Waals surface area contributed by atoms with E-state index < -0.39 is 11.5 Å². The molecule has 4 aromatic rings. The summed E-state index contributed by atoms with van der Waals surface area (Å²) < 4.78 is 10.8. The van der Waals surface area contributed by atoms with Crippen LogP contribution < -0.4 is 15.7 Å². The van der Waals surface area contributed by atoms with Crippen molar-refractivity contribution in [1.82, 2.24) is 10.2 Å². The standard InChI is InChI=1S/C19H12ClN3O4S/c20-12-5-7-13(8-6-12)26-10-16-22-23-19(28-16)21-17(24)14-9-11-3-1-2-4-15(11)27-18(14)25/h1-9H,10H2,(H,21,23,24). The molecule has 4 rings (SSSR count). The Morgan fingerprint density at radius 3 is 2.75 bits per heavy atom. The van der Waals surface area contributed by atoms with Gasteiger partial charge in [0, 0.05) is 10.4 Å². The van der Waals surface area contributed by atoms with Crippen LogP contribution in [0.4, 0.5) is 5.13 Å². The molecule has 9 heteroatoms. The normalized spacial score (nSPS) is 10.8. The zero-order chi connectivity index (χ0) is 19.5. The number of nitrogens with zero attached hydrogens (tertiary/aromatic N) is 2. The first kappa shape index (κ1) is 18.1. The fraction of sp³-hybridized carbons (Fsp3) is 0.0526. The van der Waals surface area contributed by atoms with E-state index in [1.54, 1.807) is 48.5 Å². The molecule has 0 bridgehead atoms. The molecule has 2 aromatic heterocycles. The molecular weight excluding hydrogens is 402 g/mol. The number of carbonyl (C=O) groups is 1. The number of aromatic nitrogens is 2. The number of hydrogen-bond acceptors (Lipinski definition) is 7. The summed E-state index contributed by atoms with van der Waals surface area (Å²) in [6.07, 6.45) is 0. The number of nitrogens with one attached hydrogen (secondary N) is 1. The molecule has 28 heavy (non-hydrogen) atoms. The van der Waals surface area contributed by atoms with Gasteiger partial charge in [0.15, 0.2) is 5.01 Å². The van der Waals surface area contributed by atoms with E-state index in [0.29, 0.717) is 26.7 Å². The third kappa shape index (κ3) is 4.03. The lowest BCUT2D eigenvalue weighted by molar-refractivity contribution is 0.102. The summed E-state index contributed by atoms with van der Waals surface area (Å²) >= 11 is 6.98. The summed E-state index contributed by atoms with van der Waals surface area (Å²) in [5.74, 6) is 0.0276. The van der Waals surface area contributed by atoms with Crippen LogP contribution in [0.3, 0.4) is 0 Å². The molecule has 0 aliphatic heterocycles. The van der Waals surface area contributed by atoms with Gasteiger partial charge >= 0.3 is 5.63 Å². The van der Waals surface area contributed by atoms with E-state index in [1.165, 1.54) is 6.07 Å². The minimum atomic E-state index is -0.716. The molecule has 0 atom stereocenters. The molecule has 2 aromatic carbocycles. The molecular formula is C19H12ClN3O4S. The predicted molar refractivity (Wildman–Crippen MR) is 106 cm³/mol. The number of carbonyl (C=O) groups excluding carboxylic acids is 1. The number of fused-ring (bicyclic) bond motifs is 1. The predicted octanol–water partition coefficient (Wildman–Crippen LogP) is 4.13. The smallest absolute Gasteiger partial charge is 0.349 e. The minimum absolute atomic E-state index is 0.104. The molecule has 140 valence electrons. The number of hydrogen-bond donors (Lipinski definition) is 1. The van der Waals surface area contributed by atoms with Gasteiger partial charge in [0.1, 0.15) is 23.5 Å². The van der Waals surface area contributed by atoms with Crippen molar-refractivity contribution in [1.29, 1.82) is 0 Å². The van der Waals surface area contributed by atoms with Gasteiger partial charge in [-0.15, -0.1) is 10.2 Å². The van der Waals surface area contributed by atoms with Crippen molar-refractivity contribution in [3.05, 3.63) is 80.6 Å². The van der Waals surface area contributed by atoms with E-state index in [4.69, 9.17) is 20.8 Å². The summed E-state index contributed by atoms with van der Waals surface area (Å²) in [6, 6.07) is 15.4. The van der Waals surface area contributed by atoms with Crippen molar-refractivity contribution < 1.29 is 13.9 Å². The molecule has 0 aliphatic carbocycles. The highest BCUT2D eigenvalue weighted by atomic mass is 35.5. The van der Waals surface area contributed by atoms with Gasteiger partial charge in [-0.25, -0.2) is 4.79 Å². The largest absolute Gasteiger partial charge is 0.486 e. The van der Waals surface area contributed by atoms with Gasteiger partial charge in [0.2, 0.25) is 5.13 Å². The fourth-order valence-corrected chi connectivity index (χ4v) is 3.20. The van der Waals surface area contributed by atoms with Gasteiger partial charge in [0.05, 0.1) is 0 Å². The molecule has 1 amide bonds. The van der Waals surface area contributed by atoms with E-state index >= 15 is 0 Å². The van der Waals surface area contributed by atoms with Crippen molar-refractivity contribution in [2.75, 3.05) is 5.32 Å². The second-order valence-electron chi connectivity index (χ2n) is 5.68. The van der Waals surface area contributed by atoms with Gasteiger partial charge in [0.25, 0.3) is 5.91 Å². The minimum Gasteiger partial charge on any atom is -0.486 e. The second-order valence-corrected chi connectivity index (χ2v) is 7.18. The quantitative estimate of drug-likeness (QED) is 0.494. The van der Waals surface area contributed by atoms with E-state index in [9.17, 15) is 9.59 Å². The summed E-state index contributed by atoms with van der Waals surface area (Å²) in [6.45, 7) is 0.188. The van der Waals surface area contributed by atoms with Crippen LogP contribution in [-0.4, -0.2) is 16.1 Å². The first-order valence-corrected chi connectivity index (χ1v) is 9.33. The van der Waals surface area contributed by atoms with Crippen LogP contribution in [0.15, 0.2) is 63.8 Å². The Kier molecular flexibility index (Phi) is 5.05. The van der Waals surface area contributed by atoms with E-state index in [-0.39, 0.29) is 17.3 Å². The highest BCUT2D eigenvalue weighted by Gasteiger charge is 2.16. The van der Waals surface area contributed by atoms with Crippen molar-refractivity contribution in [3.63, 3.8) is 0 Å². The van der Waals surface area contributed by atoms with Crippen LogP contribution >= 0.6 is 22.9 Å². The van der Waals surface area contributed by atoms with Crippen LogP contribution in [0.1, 0.15) is 15.4 Å². The maximum absolute atomic E-state index is 12.4. The monoisotopic (exact) mass is 413 g/mol. The summed E-state index contributed by atoms with van der Waals surface area (Å²) in [7, 11) is 0.